The molecule has 0 radical (unpaired) electrons. The summed E-state index contributed by atoms with van der Waals surface area (Å²) in [6, 6.07) is 5.58. The first kappa shape index (κ1) is 16.6. The molecular weight excluding hydrogens is 262 g/mol. The molecule has 0 spiro atoms. The van der Waals surface area contributed by atoms with Crippen LogP contribution in [0, 0.1) is 0 Å². The second-order valence-corrected chi connectivity index (χ2v) is 4.05. The number of pyridine rings is 1. The molecule has 7 nitrogen and oxygen atoms in total. The van der Waals surface area contributed by atoms with Crippen LogP contribution in [0.15, 0.2) is 24.4 Å². The Bertz CT molecular complexity index is 483. The van der Waals surface area contributed by atoms with Gasteiger partial charge in [-0.1, -0.05) is 0 Å². The van der Waals surface area contributed by atoms with Gasteiger partial charge in [0, 0.05) is 36.6 Å². The zero-order chi connectivity index (χ0) is 14.2. The number of Topliss-reactive ketones (excluding diaryl/α,β-unsaturated/α-hetero) is 1. The van der Waals surface area contributed by atoms with Crippen molar-refractivity contribution >= 4 is 16.2 Å². The van der Waals surface area contributed by atoms with Crippen LogP contribution in [-0.2, 0) is 21.7 Å². The molecule has 0 saturated heterocycles. The van der Waals surface area contributed by atoms with Gasteiger partial charge in [-0.2, -0.15) is 4.57 Å². The summed E-state index contributed by atoms with van der Waals surface area (Å²) >= 11 is 0. The van der Waals surface area contributed by atoms with E-state index in [1.54, 1.807) is 14.0 Å². The van der Waals surface area contributed by atoms with E-state index in [-0.39, 0.29) is 7.21 Å². The lowest BCUT2D eigenvalue weighted by Crippen LogP contribution is -2.41. The van der Waals surface area contributed by atoms with E-state index < -0.39 is 10.4 Å². The molecule has 18 heavy (non-hydrogen) atoms. The van der Waals surface area contributed by atoms with Crippen LogP contribution in [-0.4, -0.2) is 37.0 Å². The van der Waals surface area contributed by atoms with Gasteiger partial charge in [-0.25, -0.2) is 0 Å². The summed E-state index contributed by atoms with van der Waals surface area (Å²) in [5, 5.41) is 0. The fraction of sp³-hybridized carbons (Fsp3) is 0.400. The van der Waals surface area contributed by atoms with Crippen LogP contribution < -0.4 is 4.57 Å². The molecule has 1 aromatic heterocycles. The lowest BCUT2D eigenvalue weighted by molar-refractivity contribution is -0.700. The largest absolute Gasteiger partial charge is 1.00 e. The maximum Gasteiger partial charge on any atom is 1.00 e. The molecule has 102 valence electrons. The van der Waals surface area contributed by atoms with E-state index in [1.165, 1.54) is 0 Å². The normalized spacial score (nSPS) is 10.4. The fourth-order valence-corrected chi connectivity index (χ4v) is 1.18. The predicted octanol–water partition coefficient (Wildman–Crippen LogP) is -0.402. The highest BCUT2D eigenvalue weighted by atomic mass is 32.3. The van der Waals surface area contributed by atoms with Crippen LogP contribution in [0.2, 0.25) is 0 Å². The van der Waals surface area contributed by atoms with E-state index in [0.717, 1.165) is 5.69 Å². The topological polar surface area (TPSA) is 110 Å². The molecule has 0 aliphatic carbocycles. The standard InChI is InChI=1S/C10H14NO2.H2O4S/c1-9(12)10-5-3-4-6-11(10)7-8-13-2;1-5(2,3)4/h3-6H,7-8H2,1-2H3;(H2,1,2,3,4)/q+1;/p-1. The van der Waals surface area contributed by atoms with E-state index in [0.29, 0.717) is 13.2 Å². The van der Waals surface area contributed by atoms with Crippen molar-refractivity contribution in [3.8, 4) is 0 Å². The van der Waals surface area contributed by atoms with Gasteiger partial charge in [0.05, 0.1) is 0 Å². The summed E-state index contributed by atoms with van der Waals surface area (Å²) in [7, 11) is -3.52. The molecule has 8 heteroatoms. The number of carbonyl (C=O) groups excluding carboxylic acids is 1. The Morgan fingerprint density at radius 3 is 2.44 bits per heavy atom. The Labute approximate surface area is 107 Å². The zero-order valence-electron chi connectivity index (χ0n) is 11.0. The van der Waals surface area contributed by atoms with Gasteiger partial charge in [0.1, 0.15) is 6.61 Å². The van der Waals surface area contributed by atoms with Gasteiger partial charge in [0.25, 0.3) is 0 Å². The van der Waals surface area contributed by atoms with Crippen molar-refractivity contribution in [2.75, 3.05) is 13.7 Å². The minimum absolute atomic E-state index is 0. The highest BCUT2D eigenvalue weighted by molar-refractivity contribution is 7.79. The van der Waals surface area contributed by atoms with Crippen molar-refractivity contribution in [1.82, 2.24) is 0 Å². The summed E-state index contributed by atoms with van der Waals surface area (Å²) in [4.78, 5) is 11.2. The highest BCUT2D eigenvalue weighted by Gasteiger charge is 2.12. The lowest BCUT2D eigenvalue weighted by atomic mass is 10.2. The van der Waals surface area contributed by atoms with Gasteiger partial charge in [-0.05, 0) is 6.07 Å². The summed E-state index contributed by atoms with van der Waals surface area (Å²) < 4.78 is 40.9. The molecule has 0 N–H and O–H groups in total. The molecule has 1 heterocycles. The Morgan fingerprint density at radius 1 is 1.44 bits per heavy atom. The molecule has 0 bridgehead atoms. The van der Waals surface area contributed by atoms with Gasteiger partial charge < -0.3 is 13.8 Å². The van der Waals surface area contributed by atoms with Crippen LogP contribution in [0.3, 0.4) is 0 Å². The number of ketones is 1. The smallest absolute Gasteiger partial charge is 0.759 e. The summed E-state index contributed by atoms with van der Waals surface area (Å²) in [5.74, 6) is 0.0803. The molecule has 0 aliphatic heterocycles. The summed E-state index contributed by atoms with van der Waals surface area (Å²) in [5.41, 5.74) is 0.722. The number of methoxy groups -OCH3 is 1. The average molecular weight is 277 g/mol. The zero-order valence-corrected chi connectivity index (χ0v) is 10.8. The van der Waals surface area contributed by atoms with Crippen LogP contribution in [0.25, 0.3) is 0 Å². The van der Waals surface area contributed by atoms with Crippen molar-refractivity contribution in [2.24, 2.45) is 0 Å². The maximum atomic E-state index is 11.2. The first-order valence-corrected chi connectivity index (χ1v) is 6.24. The predicted molar refractivity (Wildman–Crippen MR) is 60.1 cm³/mol. The van der Waals surface area contributed by atoms with Gasteiger partial charge in [0.15, 0.2) is 12.7 Å². The van der Waals surface area contributed by atoms with Crippen LogP contribution in [0.5, 0.6) is 0 Å². The quantitative estimate of drug-likeness (QED) is 0.320. The minimum Gasteiger partial charge on any atom is -0.759 e. The number of ether oxygens (including phenoxy) is 1. The molecule has 0 aromatic carbocycles. The van der Waals surface area contributed by atoms with E-state index in [2.05, 4.69) is 0 Å². The first-order valence-electron chi connectivity index (χ1n) is 4.90. The van der Waals surface area contributed by atoms with Gasteiger partial charge in [0.2, 0.25) is 11.5 Å². The number of aromatic nitrogens is 1. The second kappa shape index (κ2) is 7.88. The average Bonchev–Trinajstić information content (AvgIpc) is 2.24. The van der Waals surface area contributed by atoms with E-state index in [9.17, 15) is 4.79 Å². The highest BCUT2D eigenvalue weighted by Crippen LogP contribution is 1.92. The third-order valence-corrected chi connectivity index (χ3v) is 1.84. The minimum atomic E-state index is -5.17. The molecule has 0 saturated carbocycles. The van der Waals surface area contributed by atoms with Crippen LogP contribution in [0.4, 0.5) is 0 Å². The fourth-order valence-electron chi connectivity index (χ4n) is 1.18. The lowest BCUT2D eigenvalue weighted by Gasteiger charge is -2.06. The van der Waals surface area contributed by atoms with E-state index >= 15 is 0 Å². The molecular formula is C10H15NO6S. The number of nitrogens with zero attached hydrogens (tertiary/aromatic N) is 1. The Balaban J connectivity index is 0. The van der Waals surface area contributed by atoms with Gasteiger partial charge in [-0.3, -0.25) is 13.2 Å². The molecule has 0 fully saturated rings. The molecule has 0 atom stereocenters. The Morgan fingerprint density at radius 2 is 2.00 bits per heavy atom. The monoisotopic (exact) mass is 277 g/mol. The summed E-state index contributed by atoms with van der Waals surface area (Å²) in [6.45, 7) is 2.90. The number of hydrogen-bond donors (Lipinski definition) is 0. The first-order chi connectivity index (χ1) is 8.25. The van der Waals surface area contributed by atoms with Crippen molar-refractivity contribution < 1.29 is 33.0 Å². The van der Waals surface area contributed by atoms with E-state index in [4.69, 9.17) is 22.3 Å². The third kappa shape index (κ3) is 8.76. The third-order valence-electron chi connectivity index (χ3n) is 1.84. The second-order valence-electron chi connectivity index (χ2n) is 3.24. The number of rotatable bonds is 4. The maximum absolute atomic E-state index is 11.2. The Kier molecular flexibility index (Phi) is 7.29. The van der Waals surface area contributed by atoms with Crippen LogP contribution >= 0.6 is 0 Å². The van der Waals surface area contributed by atoms with E-state index in [1.807, 2.05) is 29.0 Å². The van der Waals surface area contributed by atoms with Crippen LogP contribution in [0.1, 0.15) is 18.8 Å². The van der Waals surface area contributed by atoms with Gasteiger partial charge >= 0.3 is 1.43 Å². The van der Waals surface area contributed by atoms with Crippen molar-refractivity contribution in [2.45, 2.75) is 13.5 Å². The van der Waals surface area contributed by atoms with Crippen molar-refractivity contribution in [3.63, 3.8) is 0 Å². The van der Waals surface area contributed by atoms with Gasteiger partial charge in [-0.15, -0.1) is 0 Å². The molecule has 1 rings (SSSR count). The SMILES string of the molecule is COCC[n+]1ccccc1C(C)=O.O=S(=O)([O-])[O-].[H+]. The molecule has 0 aliphatic rings. The molecule has 0 unspecified atom stereocenters. The number of hydrogen-bond acceptors (Lipinski definition) is 6. The number of carbonyl (C=O) groups is 1. The molecule has 1 aromatic rings. The van der Waals surface area contributed by atoms with Crippen molar-refractivity contribution in [1.29, 1.82) is 0 Å². The summed E-state index contributed by atoms with van der Waals surface area (Å²) in [6.07, 6.45) is 1.88. The van der Waals surface area contributed by atoms with Crippen molar-refractivity contribution in [3.05, 3.63) is 30.1 Å². The molecule has 0 amide bonds. The Hall–Kier alpha value is -1.35.